The van der Waals surface area contributed by atoms with E-state index in [2.05, 4.69) is 15.6 Å². The Bertz CT molecular complexity index is 594. The number of aromatic nitrogens is 1. The van der Waals surface area contributed by atoms with Gasteiger partial charge in [-0.1, -0.05) is 12.2 Å². The molecule has 0 atom stereocenters. The van der Waals surface area contributed by atoms with Gasteiger partial charge in [0.1, 0.15) is 11.4 Å². The third-order valence-electron chi connectivity index (χ3n) is 2.48. The Morgan fingerprint density at radius 3 is 2.57 bits per heavy atom. The van der Waals surface area contributed by atoms with Crippen molar-refractivity contribution in [2.45, 2.75) is 26.4 Å². The number of aromatic carboxylic acids is 1. The van der Waals surface area contributed by atoms with E-state index in [0.717, 1.165) is 0 Å². The first-order valence-corrected chi connectivity index (χ1v) is 7.03. The second kappa shape index (κ2) is 8.02. The van der Waals surface area contributed by atoms with Crippen molar-refractivity contribution in [1.29, 1.82) is 0 Å². The molecule has 8 nitrogen and oxygen atoms in total. The molecule has 0 fully saturated rings. The summed E-state index contributed by atoms with van der Waals surface area (Å²) in [7, 11) is 0. The number of nitrogens with two attached hydrogens (primary N) is 1. The number of carboxylic acids is 1. The van der Waals surface area contributed by atoms with Gasteiger partial charge in [0.2, 0.25) is 0 Å². The van der Waals surface area contributed by atoms with E-state index in [0.29, 0.717) is 18.9 Å². The molecule has 23 heavy (non-hydrogen) atoms. The van der Waals surface area contributed by atoms with Crippen molar-refractivity contribution < 1.29 is 19.4 Å². The lowest BCUT2D eigenvalue weighted by molar-refractivity contribution is 0.0533. The van der Waals surface area contributed by atoms with Crippen LogP contribution < -0.4 is 16.4 Å². The van der Waals surface area contributed by atoms with Crippen LogP contribution in [0.15, 0.2) is 24.4 Å². The molecule has 0 saturated carbocycles. The molecule has 1 aromatic rings. The van der Waals surface area contributed by atoms with Crippen LogP contribution in [0.3, 0.4) is 0 Å². The molecule has 8 heteroatoms. The van der Waals surface area contributed by atoms with Gasteiger partial charge in [-0.05, 0) is 26.8 Å². The summed E-state index contributed by atoms with van der Waals surface area (Å²) in [5.41, 5.74) is 5.47. The Kier molecular flexibility index (Phi) is 6.37. The number of carboxylic acid groups (broad SMARTS) is 1. The van der Waals surface area contributed by atoms with E-state index in [4.69, 9.17) is 15.6 Å². The number of ether oxygens (including phenoxy) is 1. The highest BCUT2D eigenvalue weighted by molar-refractivity contribution is 5.89. The van der Waals surface area contributed by atoms with Gasteiger partial charge < -0.3 is 26.2 Å². The summed E-state index contributed by atoms with van der Waals surface area (Å²) < 4.78 is 5.09. The summed E-state index contributed by atoms with van der Waals surface area (Å²) in [6.07, 6.45) is 4.28. The van der Waals surface area contributed by atoms with E-state index < -0.39 is 17.7 Å². The van der Waals surface area contributed by atoms with Crippen molar-refractivity contribution in [1.82, 2.24) is 10.3 Å². The minimum absolute atomic E-state index is 0.0325. The summed E-state index contributed by atoms with van der Waals surface area (Å²) in [4.78, 5) is 26.1. The summed E-state index contributed by atoms with van der Waals surface area (Å²) >= 11 is 0. The third kappa shape index (κ3) is 7.16. The normalized spacial score (nSPS) is 11.3. The molecule has 0 aliphatic rings. The van der Waals surface area contributed by atoms with E-state index in [9.17, 15) is 9.59 Å². The molecule has 0 spiro atoms. The van der Waals surface area contributed by atoms with Crippen molar-refractivity contribution in [2.24, 2.45) is 0 Å². The topological polar surface area (TPSA) is 127 Å². The number of nitrogens with zero attached hydrogens (tertiary/aromatic N) is 1. The van der Waals surface area contributed by atoms with Gasteiger partial charge in [0, 0.05) is 19.3 Å². The zero-order valence-corrected chi connectivity index (χ0v) is 13.4. The average Bonchev–Trinajstić information content (AvgIpc) is 2.41. The van der Waals surface area contributed by atoms with Crippen LogP contribution in [0.2, 0.25) is 0 Å². The SMILES string of the molecule is CC(C)(C)OC(=O)NCC=CCNc1ncc(C(=O)O)cc1N. The van der Waals surface area contributed by atoms with Gasteiger partial charge in [-0.3, -0.25) is 0 Å². The van der Waals surface area contributed by atoms with Crippen molar-refractivity contribution in [3.63, 3.8) is 0 Å². The number of pyridine rings is 1. The van der Waals surface area contributed by atoms with Gasteiger partial charge in [-0.2, -0.15) is 0 Å². The maximum Gasteiger partial charge on any atom is 0.407 e. The van der Waals surface area contributed by atoms with Gasteiger partial charge in [0.25, 0.3) is 0 Å². The first kappa shape index (κ1) is 18.3. The molecule has 126 valence electrons. The molecule has 0 saturated heterocycles. The van der Waals surface area contributed by atoms with Crippen molar-refractivity contribution in [3.05, 3.63) is 30.0 Å². The lowest BCUT2D eigenvalue weighted by atomic mass is 10.2. The van der Waals surface area contributed by atoms with Crippen molar-refractivity contribution in [3.8, 4) is 0 Å². The van der Waals surface area contributed by atoms with E-state index in [1.54, 1.807) is 32.9 Å². The van der Waals surface area contributed by atoms with Crippen molar-refractivity contribution >= 4 is 23.6 Å². The van der Waals surface area contributed by atoms with E-state index in [-0.39, 0.29) is 11.3 Å². The number of nitrogens with one attached hydrogen (secondary N) is 2. The van der Waals surface area contributed by atoms with Crippen LogP contribution in [0.5, 0.6) is 0 Å². The highest BCUT2D eigenvalue weighted by Crippen LogP contribution is 2.15. The Hall–Kier alpha value is -2.77. The Morgan fingerprint density at radius 1 is 1.35 bits per heavy atom. The number of nitrogen functional groups attached to an aromatic ring is 1. The number of hydrogen-bond acceptors (Lipinski definition) is 6. The number of rotatable bonds is 6. The molecular formula is C15H22N4O4. The smallest absolute Gasteiger partial charge is 0.407 e. The molecule has 0 radical (unpaired) electrons. The fourth-order valence-corrected chi connectivity index (χ4v) is 1.53. The maximum absolute atomic E-state index is 11.4. The third-order valence-corrected chi connectivity index (χ3v) is 2.48. The molecule has 0 aliphatic carbocycles. The van der Waals surface area contributed by atoms with Gasteiger partial charge in [0.05, 0.1) is 11.3 Å². The number of anilines is 2. The second-order valence-electron chi connectivity index (χ2n) is 5.70. The highest BCUT2D eigenvalue weighted by atomic mass is 16.6. The molecule has 1 heterocycles. The van der Waals surface area contributed by atoms with Crippen LogP contribution in [0.4, 0.5) is 16.3 Å². The molecule has 0 aliphatic heterocycles. The molecule has 0 bridgehead atoms. The zero-order valence-electron chi connectivity index (χ0n) is 13.4. The number of amides is 1. The largest absolute Gasteiger partial charge is 0.478 e. The summed E-state index contributed by atoms with van der Waals surface area (Å²) in [5.74, 6) is -0.677. The number of hydrogen-bond donors (Lipinski definition) is 4. The summed E-state index contributed by atoms with van der Waals surface area (Å²) in [6, 6.07) is 1.34. The molecule has 0 aromatic carbocycles. The van der Waals surface area contributed by atoms with Crippen LogP contribution in [-0.4, -0.2) is 40.8 Å². The van der Waals surface area contributed by atoms with Gasteiger partial charge >= 0.3 is 12.1 Å². The average molecular weight is 322 g/mol. The summed E-state index contributed by atoms with van der Waals surface area (Å²) in [6.45, 7) is 6.13. The molecule has 5 N–H and O–H groups in total. The van der Waals surface area contributed by atoms with Gasteiger partial charge in [-0.15, -0.1) is 0 Å². The predicted molar refractivity (Wildman–Crippen MR) is 87.5 cm³/mol. The second-order valence-corrected chi connectivity index (χ2v) is 5.70. The van der Waals surface area contributed by atoms with Crippen molar-refractivity contribution in [2.75, 3.05) is 24.1 Å². The van der Waals surface area contributed by atoms with Crippen LogP contribution in [-0.2, 0) is 4.74 Å². The first-order chi connectivity index (χ1) is 10.7. The quantitative estimate of drug-likeness (QED) is 0.589. The number of alkyl carbamates (subject to hydrolysis) is 1. The number of carbonyl (C=O) groups is 2. The van der Waals surface area contributed by atoms with Gasteiger partial charge in [0.15, 0.2) is 0 Å². The molecule has 1 rings (SSSR count). The predicted octanol–water partition coefficient (Wildman–Crippen LogP) is 1.85. The minimum Gasteiger partial charge on any atom is -0.478 e. The first-order valence-electron chi connectivity index (χ1n) is 7.03. The van der Waals surface area contributed by atoms with Crippen LogP contribution in [0, 0.1) is 0 Å². The molecule has 1 aromatic heterocycles. The van der Waals surface area contributed by atoms with Crippen LogP contribution in [0.1, 0.15) is 31.1 Å². The van der Waals surface area contributed by atoms with E-state index in [1.807, 2.05) is 0 Å². The Balaban J connectivity index is 2.34. The highest BCUT2D eigenvalue weighted by Gasteiger charge is 2.14. The maximum atomic E-state index is 11.4. The summed E-state index contributed by atoms with van der Waals surface area (Å²) in [5, 5.41) is 14.4. The fourth-order valence-electron chi connectivity index (χ4n) is 1.53. The fraction of sp³-hybridized carbons (Fsp3) is 0.400. The minimum atomic E-state index is -1.08. The van der Waals surface area contributed by atoms with Crippen LogP contribution in [0.25, 0.3) is 0 Å². The standard InChI is InChI=1S/C15H22N4O4/c1-15(2,3)23-14(22)18-7-5-4-6-17-12-11(16)8-10(9-19-12)13(20)21/h4-5,8-9H,6-7,16H2,1-3H3,(H,17,19)(H,18,22)(H,20,21). The van der Waals surface area contributed by atoms with E-state index >= 15 is 0 Å². The Morgan fingerprint density at radius 2 is 2.00 bits per heavy atom. The molecular weight excluding hydrogens is 300 g/mol. The lowest BCUT2D eigenvalue weighted by Crippen LogP contribution is -2.32. The number of carbonyl (C=O) groups excluding carboxylic acids is 1. The Labute approximate surface area is 134 Å². The van der Waals surface area contributed by atoms with Crippen LogP contribution >= 0.6 is 0 Å². The lowest BCUT2D eigenvalue weighted by Gasteiger charge is -2.19. The van der Waals surface area contributed by atoms with Gasteiger partial charge in [-0.25, -0.2) is 14.6 Å². The monoisotopic (exact) mass is 322 g/mol. The van der Waals surface area contributed by atoms with E-state index in [1.165, 1.54) is 12.3 Å². The molecule has 1 amide bonds. The molecule has 0 unspecified atom stereocenters. The zero-order chi connectivity index (χ0) is 17.5.